The van der Waals surface area contributed by atoms with Gasteiger partial charge in [0.2, 0.25) is 0 Å². The molecule has 134 valence electrons. The Hall–Kier alpha value is -1.99. The van der Waals surface area contributed by atoms with Crippen LogP contribution in [0.2, 0.25) is 10.0 Å². The molecule has 1 amide bonds. The number of aliphatic hydroxyl groups is 2. The smallest absolute Gasteiger partial charge is 0.407 e. The molecule has 0 heterocycles. The number of carbonyl (C=O) groups excluding carboxylic acids is 1. The lowest BCUT2D eigenvalue weighted by atomic mass is 10.0. The number of anilines is 1. The number of nitrogens with one attached hydrogen (secondary N) is 1. The summed E-state index contributed by atoms with van der Waals surface area (Å²) in [5.41, 5.74) is 6.91. The van der Waals surface area contributed by atoms with E-state index in [2.05, 4.69) is 5.32 Å². The molecule has 6 nitrogen and oxygen atoms in total. The first-order chi connectivity index (χ1) is 11.9. The van der Waals surface area contributed by atoms with E-state index in [4.69, 9.17) is 33.7 Å². The van der Waals surface area contributed by atoms with E-state index in [1.54, 1.807) is 0 Å². The highest BCUT2D eigenvalue weighted by molar-refractivity contribution is 6.36. The predicted molar refractivity (Wildman–Crippen MR) is 96.5 cm³/mol. The van der Waals surface area contributed by atoms with Crippen LogP contribution in [0.3, 0.4) is 0 Å². The van der Waals surface area contributed by atoms with Crippen molar-refractivity contribution in [2.75, 3.05) is 12.3 Å². The summed E-state index contributed by atoms with van der Waals surface area (Å²) < 4.78 is 5.02. The monoisotopic (exact) mass is 384 g/mol. The van der Waals surface area contributed by atoms with E-state index in [-0.39, 0.29) is 28.8 Å². The Morgan fingerprint density at radius 1 is 1.16 bits per heavy atom. The Morgan fingerprint density at radius 2 is 1.76 bits per heavy atom. The van der Waals surface area contributed by atoms with Crippen LogP contribution in [0.25, 0.3) is 0 Å². The zero-order valence-corrected chi connectivity index (χ0v) is 14.7. The van der Waals surface area contributed by atoms with Crippen molar-refractivity contribution in [2.45, 2.75) is 18.8 Å². The second-order valence-corrected chi connectivity index (χ2v) is 6.17. The number of nitrogen functional groups attached to an aromatic ring is 1. The highest BCUT2D eigenvalue weighted by atomic mass is 35.5. The summed E-state index contributed by atoms with van der Waals surface area (Å²) in [6.45, 7) is -0.146. The molecule has 0 saturated carbocycles. The molecule has 2 atom stereocenters. The number of carbonyl (C=O) groups is 1. The first kappa shape index (κ1) is 19.3. The van der Waals surface area contributed by atoms with Crippen LogP contribution in [-0.2, 0) is 11.3 Å². The SMILES string of the molecule is Nc1cc(Cl)c(C(O)C(O)CNC(=O)OCc2ccccc2)c(Cl)c1. The van der Waals surface area contributed by atoms with E-state index in [9.17, 15) is 15.0 Å². The van der Waals surface area contributed by atoms with Crippen LogP contribution in [0.4, 0.5) is 10.5 Å². The van der Waals surface area contributed by atoms with Crippen LogP contribution in [0.15, 0.2) is 42.5 Å². The first-order valence-corrected chi connectivity index (χ1v) is 8.19. The molecule has 0 aliphatic carbocycles. The lowest BCUT2D eigenvalue weighted by Gasteiger charge is -2.21. The van der Waals surface area contributed by atoms with Crippen LogP contribution in [0.1, 0.15) is 17.2 Å². The summed E-state index contributed by atoms with van der Waals surface area (Å²) in [6.07, 6.45) is -3.44. The normalized spacial score (nSPS) is 13.1. The van der Waals surface area contributed by atoms with Crippen molar-refractivity contribution in [1.82, 2.24) is 5.32 Å². The molecule has 2 rings (SSSR count). The summed E-state index contributed by atoms with van der Waals surface area (Å²) in [4.78, 5) is 11.7. The molecular formula is C17H18Cl2N2O4. The van der Waals surface area contributed by atoms with Gasteiger partial charge in [-0.1, -0.05) is 53.5 Å². The van der Waals surface area contributed by atoms with Gasteiger partial charge in [-0.25, -0.2) is 4.79 Å². The number of hydrogen-bond acceptors (Lipinski definition) is 5. The van der Waals surface area contributed by atoms with Crippen molar-refractivity contribution in [3.05, 3.63) is 63.6 Å². The van der Waals surface area contributed by atoms with E-state index in [1.807, 2.05) is 30.3 Å². The molecule has 2 aromatic rings. The largest absolute Gasteiger partial charge is 0.445 e. The van der Waals surface area contributed by atoms with Gasteiger partial charge in [0.1, 0.15) is 18.8 Å². The van der Waals surface area contributed by atoms with Gasteiger partial charge in [-0.05, 0) is 17.7 Å². The van der Waals surface area contributed by atoms with E-state index in [1.165, 1.54) is 12.1 Å². The topological polar surface area (TPSA) is 105 Å². The maximum absolute atomic E-state index is 11.7. The average molecular weight is 385 g/mol. The number of aliphatic hydroxyl groups excluding tert-OH is 2. The third-order valence-electron chi connectivity index (χ3n) is 3.43. The van der Waals surface area contributed by atoms with Crippen LogP contribution in [0.5, 0.6) is 0 Å². The molecule has 0 aliphatic rings. The quantitative estimate of drug-likeness (QED) is 0.573. The number of nitrogens with two attached hydrogens (primary N) is 1. The highest BCUT2D eigenvalue weighted by Crippen LogP contribution is 2.34. The average Bonchev–Trinajstić information content (AvgIpc) is 2.57. The zero-order chi connectivity index (χ0) is 18.4. The predicted octanol–water partition coefficient (Wildman–Crippen LogP) is 2.90. The zero-order valence-electron chi connectivity index (χ0n) is 13.2. The Bertz CT molecular complexity index is 705. The summed E-state index contributed by atoms with van der Waals surface area (Å²) in [6, 6.07) is 12.0. The second-order valence-electron chi connectivity index (χ2n) is 5.35. The minimum absolute atomic E-state index is 0.0982. The Balaban J connectivity index is 1.87. The van der Waals surface area contributed by atoms with Crippen molar-refractivity contribution in [3.8, 4) is 0 Å². The molecule has 0 spiro atoms. The third-order valence-corrected chi connectivity index (χ3v) is 4.06. The summed E-state index contributed by atoms with van der Waals surface area (Å²) >= 11 is 12.0. The number of rotatable bonds is 6. The van der Waals surface area contributed by atoms with Crippen LogP contribution >= 0.6 is 23.2 Å². The summed E-state index contributed by atoms with van der Waals surface area (Å²) in [5.74, 6) is 0. The van der Waals surface area contributed by atoms with Crippen molar-refractivity contribution in [2.24, 2.45) is 0 Å². The van der Waals surface area contributed by atoms with Gasteiger partial charge >= 0.3 is 6.09 Å². The fraction of sp³-hybridized carbons (Fsp3) is 0.235. The van der Waals surface area contributed by atoms with Gasteiger partial charge in [-0.3, -0.25) is 0 Å². The molecule has 5 N–H and O–H groups in total. The van der Waals surface area contributed by atoms with Gasteiger partial charge in [-0.2, -0.15) is 0 Å². The number of amides is 1. The summed E-state index contributed by atoms with van der Waals surface area (Å²) in [5, 5.41) is 22.9. The van der Waals surface area contributed by atoms with Crippen molar-refractivity contribution < 1.29 is 19.7 Å². The van der Waals surface area contributed by atoms with Crippen LogP contribution in [-0.4, -0.2) is 29.0 Å². The van der Waals surface area contributed by atoms with Crippen molar-refractivity contribution >= 4 is 35.0 Å². The van der Waals surface area contributed by atoms with Gasteiger partial charge in [0, 0.05) is 27.8 Å². The van der Waals surface area contributed by atoms with E-state index < -0.39 is 18.3 Å². The minimum Gasteiger partial charge on any atom is -0.445 e. The molecular weight excluding hydrogens is 367 g/mol. The maximum atomic E-state index is 11.7. The van der Waals surface area contributed by atoms with Gasteiger partial charge in [0.05, 0.1) is 0 Å². The van der Waals surface area contributed by atoms with Crippen molar-refractivity contribution in [3.63, 3.8) is 0 Å². The molecule has 0 aromatic heterocycles. The lowest BCUT2D eigenvalue weighted by molar-refractivity contribution is 0.0185. The molecule has 0 aliphatic heterocycles. The lowest BCUT2D eigenvalue weighted by Crippen LogP contribution is -2.36. The van der Waals surface area contributed by atoms with Gasteiger partial charge < -0.3 is 26.0 Å². The molecule has 0 radical (unpaired) electrons. The first-order valence-electron chi connectivity index (χ1n) is 7.43. The number of halogens is 2. The standard InChI is InChI=1S/C17H18Cl2N2O4/c18-12-6-11(20)7-13(19)15(12)16(23)14(22)8-21-17(24)25-9-10-4-2-1-3-5-10/h1-7,14,16,22-23H,8-9,20H2,(H,21,24). The van der Waals surface area contributed by atoms with Crippen LogP contribution in [0, 0.1) is 0 Å². The highest BCUT2D eigenvalue weighted by Gasteiger charge is 2.24. The molecule has 0 bridgehead atoms. The fourth-order valence-corrected chi connectivity index (χ4v) is 2.88. The summed E-state index contributed by atoms with van der Waals surface area (Å²) in [7, 11) is 0. The number of ether oxygens (including phenoxy) is 1. The molecule has 2 aromatic carbocycles. The Labute approximate surface area is 155 Å². The van der Waals surface area contributed by atoms with E-state index in [0.29, 0.717) is 5.69 Å². The maximum Gasteiger partial charge on any atom is 0.407 e. The van der Waals surface area contributed by atoms with Crippen molar-refractivity contribution in [1.29, 1.82) is 0 Å². The molecule has 2 unspecified atom stereocenters. The Kier molecular flexibility index (Phi) is 6.90. The van der Waals surface area contributed by atoms with E-state index >= 15 is 0 Å². The second kappa shape index (κ2) is 8.92. The molecule has 25 heavy (non-hydrogen) atoms. The molecule has 8 heteroatoms. The fourth-order valence-electron chi connectivity index (χ4n) is 2.15. The van der Waals surface area contributed by atoms with Crippen LogP contribution < -0.4 is 11.1 Å². The molecule has 0 saturated heterocycles. The number of hydrogen-bond donors (Lipinski definition) is 4. The van der Waals surface area contributed by atoms with E-state index in [0.717, 1.165) is 5.56 Å². The Morgan fingerprint density at radius 3 is 2.36 bits per heavy atom. The molecule has 0 fully saturated rings. The third kappa shape index (κ3) is 5.51. The minimum atomic E-state index is -1.39. The van der Waals surface area contributed by atoms with Gasteiger partial charge in [0.15, 0.2) is 0 Å². The number of alkyl carbamates (subject to hydrolysis) is 1. The van der Waals surface area contributed by atoms with Gasteiger partial charge in [0.25, 0.3) is 0 Å². The van der Waals surface area contributed by atoms with Gasteiger partial charge in [-0.15, -0.1) is 0 Å². The number of benzene rings is 2.